The molecule has 0 saturated heterocycles. The Bertz CT molecular complexity index is 587. The molecule has 1 aromatic rings. The van der Waals surface area contributed by atoms with Crippen LogP contribution in [0.1, 0.15) is 39.2 Å². The van der Waals surface area contributed by atoms with Crippen molar-refractivity contribution >= 4 is 21.6 Å². The van der Waals surface area contributed by atoms with Gasteiger partial charge in [-0.3, -0.25) is 9.52 Å². The smallest absolute Gasteiger partial charge is 0.229 e. The SMILES string of the molecule is CC(C)(C)CC(=O)NCCCc1ccc(NS(C)(=O)=O)cc1. The Morgan fingerprint density at radius 2 is 1.73 bits per heavy atom. The number of amides is 1. The molecule has 5 nitrogen and oxygen atoms in total. The summed E-state index contributed by atoms with van der Waals surface area (Å²) in [6.07, 6.45) is 3.35. The van der Waals surface area contributed by atoms with Crippen molar-refractivity contribution < 1.29 is 13.2 Å². The van der Waals surface area contributed by atoms with Gasteiger partial charge in [-0.1, -0.05) is 32.9 Å². The number of sulfonamides is 1. The van der Waals surface area contributed by atoms with Crippen LogP contribution >= 0.6 is 0 Å². The highest BCUT2D eigenvalue weighted by molar-refractivity contribution is 7.92. The lowest BCUT2D eigenvalue weighted by Crippen LogP contribution is -2.28. The molecule has 0 radical (unpaired) electrons. The summed E-state index contributed by atoms with van der Waals surface area (Å²) < 4.78 is 24.6. The van der Waals surface area contributed by atoms with E-state index in [2.05, 4.69) is 10.0 Å². The summed E-state index contributed by atoms with van der Waals surface area (Å²) in [5.41, 5.74) is 1.68. The molecule has 0 spiro atoms. The molecule has 0 heterocycles. The molecule has 0 saturated carbocycles. The van der Waals surface area contributed by atoms with Crippen molar-refractivity contribution in [3.63, 3.8) is 0 Å². The van der Waals surface area contributed by atoms with Crippen molar-refractivity contribution in [2.45, 2.75) is 40.0 Å². The summed E-state index contributed by atoms with van der Waals surface area (Å²) in [5, 5.41) is 2.92. The fourth-order valence-electron chi connectivity index (χ4n) is 2.02. The van der Waals surface area contributed by atoms with E-state index >= 15 is 0 Å². The van der Waals surface area contributed by atoms with Crippen LogP contribution in [-0.4, -0.2) is 27.1 Å². The molecule has 0 aliphatic heterocycles. The number of hydrogen-bond acceptors (Lipinski definition) is 3. The highest BCUT2D eigenvalue weighted by atomic mass is 32.2. The second kappa shape index (κ2) is 7.63. The minimum atomic E-state index is -3.23. The molecule has 0 aliphatic rings. The molecule has 0 aliphatic carbocycles. The lowest BCUT2D eigenvalue weighted by Gasteiger charge is -2.17. The number of rotatable bonds is 7. The van der Waals surface area contributed by atoms with Crippen LogP contribution in [0.3, 0.4) is 0 Å². The summed E-state index contributed by atoms with van der Waals surface area (Å²) in [4.78, 5) is 11.7. The Kier molecular flexibility index (Phi) is 6.41. The van der Waals surface area contributed by atoms with E-state index in [4.69, 9.17) is 0 Å². The Hall–Kier alpha value is -1.56. The summed E-state index contributed by atoms with van der Waals surface area (Å²) in [6.45, 7) is 6.77. The number of anilines is 1. The van der Waals surface area contributed by atoms with Gasteiger partial charge >= 0.3 is 0 Å². The summed E-state index contributed by atoms with van der Waals surface area (Å²) in [6, 6.07) is 7.28. The van der Waals surface area contributed by atoms with E-state index in [9.17, 15) is 13.2 Å². The average molecular weight is 326 g/mol. The maximum Gasteiger partial charge on any atom is 0.229 e. The van der Waals surface area contributed by atoms with E-state index in [1.54, 1.807) is 12.1 Å². The van der Waals surface area contributed by atoms with Gasteiger partial charge in [0.15, 0.2) is 0 Å². The fourth-order valence-corrected chi connectivity index (χ4v) is 2.58. The Balaban J connectivity index is 2.32. The third-order valence-corrected chi connectivity index (χ3v) is 3.52. The van der Waals surface area contributed by atoms with Gasteiger partial charge in [-0.15, -0.1) is 0 Å². The van der Waals surface area contributed by atoms with Crippen molar-refractivity contribution in [1.82, 2.24) is 5.32 Å². The van der Waals surface area contributed by atoms with E-state index in [0.29, 0.717) is 18.7 Å². The lowest BCUT2D eigenvalue weighted by atomic mass is 9.92. The number of carbonyl (C=O) groups is 1. The third kappa shape index (κ3) is 8.67. The van der Waals surface area contributed by atoms with Crippen LogP contribution < -0.4 is 10.0 Å². The second-order valence-corrected chi connectivity index (χ2v) is 8.51. The van der Waals surface area contributed by atoms with Crippen LogP contribution in [0, 0.1) is 5.41 Å². The number of carbonyl (C=O) groups excluding carboxylic acids is 1. The van der Waals surface area contributed by atoms with Gasteiger partial charge in [-0.25, -0.2) is 8.42 Å². The Morgan fingerprint density at radius 3 is 2.23 bits per heavy atom. The zero-order valence-corrected chi connectivity index (χ0v) is 14.6. The van der Waals surface area contributed by atoms with Crippen LogP contribution in [0.25, 0.3) is 0 Å². The largest absolute Gasteiger partial charge is 0.356 e. The van der Waals surface area contributed by atoms with Crippen LogP contribution in [0.4, 0.5) is 5.69 Å². The molecule has 1 aromatic carbocycles. The highest BCUT2D eigenvalue weighted by Crippen LogP contribution is 2.17. The molecule has 6 heteroatoms. The molecule has 0 bridgehead atoms. The fraction of sp³-hybridized carbons (Fsp3) is 0.562. The molecule has 0 atom stereocenters. The minimum absolute atomic E-state index is 0.00648. The zero-order chi connectivity index (χ0) is 16.8. The number of benzene rings is 1. The predicted molar refractivity (Wildman–Crippen MR) is 90.3 cm³/mol. The first-order chi connectivity index (χ1) is 10.1. The van der Waals surface area contributed by atoms with Gasteiger partial charge in [0.25, 0.3) is 0 Å². The maximum absolute atomic E-state index is 11.7. The van der Waals surface area contributed by atoms with Gasteiger partial charge in [-0.2, -0.15) is 0 Å². The van der Waals surface area contributed by atoms with Crippen LogP contribution in [0.5, 0.6) is 0 Å². The van der Waals surface area contributed by atoms with E-state index < -0.39 is 10.0 Å². The first-order valence-corrected chi connectivity index (χ1v) is 9.28. The molecule has 124 valence electrons. The minimum Gasteiger partial charge on any atom is -0.356 e. The number of nitrogens with one attached hydrogen (secondary N) is 2. The summed E-state index contributed by atoms with van der Waals surface area (Å²) in [5.74, 6) is 0.0835. The van der Waals surface area contributed by atoms with E-state index in [-0.39, 0.29) is 11.3 Å². The highest BCUT2D eigenvalue weighted by Gasteiger charge is 2.15. The average Bonchev–Trinajstić information content (AvgIpc) is 2.32. The summed E-state index contributed by atoms with van der Waals surface area (Å²) in [7, 11) is -3.23. The third-order valence-electron chi connectivity index (χ3n) is 2.91. The molecule has 22 heavy (non-hydrogen) atoms. The first kappa shape index (κ1) is 18.5. The molecular formula is C16H26N2O3S. The molecule has 0 fully saturated rings. The molecular weight excluding hydrogens is 300 g/mol. The van der Waals surface area contributed by atoms with Crippen LogP contribution in [0.15, 0.2) is 24.3 Å². The molecule has 0 unspecified atom stereocenters. The Morgan fingerprint density at radius 1 is 1.14 bits per heavy atom. The van der Waals surface area contributed by atoms with E-state index in [0.717, 1.165) is 24.7 Å². The lowest BCUT2D eigenvalue weighted by molar-refractivity contribution is -0.122. The van der Waals surface area contributed by atoms with Gasteiger partial charge in [-0.05, 0) is 36.0 Å². The van der Waals surface area contributed by atoms with Gasteiger partial charge in [0.2, 0.25) is 15.9 Å². The standard InChI is InChI=1S/C16H26N2O3S/c1-16(2,3)12-15(19)17-11-5-6-13-7-9-14(10-8-13)18-22(4,20)21/h7-10,18H,5-6,11-12H2,1-4H3,(H,17,19). The maximum atomic E-state index is 11.7. The van der Waals surface area contributed by atoms with Gasteiger partial charge in [0.1, 0.15) is 0 Å². The first-order valence-electron chi connectivity index (χ1n) is 7.39. The second-order valence-electron chi connectivity index (χ2n) is 6.76. The van der Waals surface area contributed by atoms with Crippen molar-refractivity contribution in [3.05, 3.63) is 29.8 Å². The summed E-state index contributed by atoms with van der Waals surface area (Å²) >= 11 is 0. The van der Waals surface area contributed by atoms with Gasteiger partial charge in [0.05, 0.1) is 6.26 Å². The van der Waals surface area contributed by atoms with E-state index in [1.165, 1.54) is 0 Å². The quantitative estimate of drug-likeness (QED) is 0.756. The van der Waals surface area contributed by atoms with Crippen molar-refractivity contribution in [1.29, 1.82) is 0 Å². The predicted octanol–water partition coefficient (Wildman–Crippen LogP) is 2.54. The normalized spacial score (nSPS) is 12.0. The molecule has 0 aromatic heterocycles. The van der Waals surface area contributed by atoms with Crippen molar-refractivity contribution in [2.24, 2.45) is 5.41 Å². The van der Waals surface area contributed by atoms with Crippen molar-refractivity contribution in [3.8, 4) is 0 Å². The van der Waals surface area contributed by atoms with Crippen LogP contribution in [0.2, 0.25) is 0 Å². The monoisotopic (exact) mass is 326 g/mol. The Labute approximate surface area is 133 Å². The molecule has 2 N–H and O–H groups in total. The molecule has 1 amide bonds. The number of aryl methyl sites for hydroxylation is 1. The number of hydrogen-bond donors (Lipinski definition) is 2. The van der Waals surface area contributed by atoms with Gasteiger partial charge < -0.3 is 5.32 Å². The van der Waals surface area contributed by atoms with E-state index in [1.807, 2.05) is 32.9 Å². The van der Waals surface area contributed by atoms with Gasteiger partial charge in [0, 0.05) is 18.7 Å². The topological polar surface area (TPSA) is 75.3 Å². The van der Waals surface area contributed by atoms with Crippen LogP contribution in [-0.2, 0) is 21.2 Å². The van der Waals surface area contributed by atoms with Crippen molar-refractivity contribution in [2.75, 3.05) is 17.5 Å². The zero-order valence-electron chi connectivity index (χ0n) is 13.8. The molecule has 1 rings (SSSR count).